The number of nitrogens with one attached hydrogen (secondary N) is 1. The van der Waals surface area contributed by atoms with Crippen LogP contribution in [0.4, 0.5) is 5.13 Å². The fourth-order valence-corrected chi connectivity index (χ4v) is 5.32. The van der Waals surface area contributed by atoms with Crippen LogP contribution in [-0.4, -0.2) is 52.3 Å². The van der Waals surface area contributed by atoms with E-state index in [0.717, 1.165) is 38.2 Å². The molecule has 0 bridgehead atoms. The zero-order valence-corrected chi connectivity index (χ0v) is 16.4. The first-order valence-electron chi connectivity index (χ1n) is 9.02. The minimum atomic E-state index is -0.405. The number of aromatic nitrogens is 1. The summed E-state index contributed by atoms with van der Waals surface area (Å²) in [5.74, 6) is -0.166. The summed E-state index contributed by atoms with van der Waals surface area (Å²) in [6.07, 6.45) is 2.49. The van der Waals surface area contributed by atoms with E-state index in [1.807, 2.05) is 17.5 Å². The van der Waals surface area contributed by atoms with Gasteiger partial charge in [-0.25, -0.2) is 4.98 Å². The second kappa shape index (κ2) is 7.46. The number of hydrogen-bond acceptors (Lipinski definition) is 6. The smallest absolute Gasteiger partial charge is 0.264 e. The van der Waals surface area contributed by atoms with Crippen molar-refractivity contribution >= 4 is 39.6 Å². The van der Waals surface area contributed by atoms with Gasteiger partial charge in [0.25, 0.3) is 5.91 Å². The van der Waals surface area contributed by atoms with Gasteiger partial charge in [-0.1, -0.05) is 13.0 Å². The Morgan fingerprint density at radius 1 is 1.38 bits per heavy atom. The van der Waals surface area contributed by atoms with Crippen molar-refractivity contribution in [2.75, 3.05) is 25.0 Å². The Balaban J connectivity index is 1.45. The van der Waals surface area contributed by atoms with Gasteiger partial charge < -0.3 is 10.2 Å². The van der Waals surface area contributed by atoms with Crippen LogP contribution < -0.4 is 5.32 Å². The molecule has 0 saturated carbocycles. The van der Waals surface area contributed by atoms with Crippen LogP contribution in [0.2, 0.25) is 0 Å². The van der Waals surface area contributed by atoms with E-state index in [1.165, 1.54) is 16.2 Å². The Kier molecular flexibility index (Phi) is 5.06. The first-order chi connectivity index (χ1) is 12.7. The maximum atomic E-state index is 12.8. The highest BCUT2D eigenvalue weighted by molar-refractivity contribution is 7.15. The highest BCUT2D eigenvalue weighted by Gasteiger charge is 2.35. The normalized spacial score (nSPS) is 20.2. The summed E-state index contributed by atoms with van der Waals surface area (Å²) in [6, 6.07) is 3.27. The van der Waals surface area contributed by atoms with Crippen LogP contribution in [-0.2, 0) is 17.8 Å². The molecule has 1 unspecified atom stereocenters. The number of thiazole rings is 1. The van der Waals surface area contributed by atoms with E-state index >= 15 is 0 Å². The number of likely N-dealkylation sites (tertiary alicyclic amines) is 1. The molecule has 2 amide bonds. The molecule has 8 heteroatoms. The quantitative estimate of drug-likeness (QED) is 0.872. The lowest BCUT2D eigenvalue weighted by Gasteiger charge is -2.23. The third-order valence-electron chi connectivity index (χ3n) is 5.04. The van der Waals surface area contributed by atoms with Crippen molar-refractivity contribution in [1.82, 2.24) is 14.8 Å². The van der Waals surface area contributed by atoms with Gasteiger partial charge in [-0.3, -0.25) is 14.5 Å². The number of amides is 2. The molecule has 0 spiro atoms. The molecule has 1 saturated heterocycles. The Bertz CT molecular complexity index is 802. The Morgan fingerprint density at radius 2 is 2.27 bits per heavy atom. The molecule has 138 valence electrons. The van der Waals surface area contributed by atoms with Crippen molar-refractivity contribution in [1.29, 1.82) is 0 Å². The average molecular weight is 391 g/mol. The molecule has 26 heavy (non-hydrogen) atoms. The summed E-state index contributed by atoms with van der Waals surface area (Å²) in [7, 11) is 0. The van der Waals surface area contributed by atoms with Gasteiger partial charge in [0.1, 0.15) is 6.04 Å². The third-order valence-corrected chi connectivity index (χ3v) is 6.89. The minimum absolute atomic E-state index is 0.0466. The maximum Gasteiger partial charge on any atom is 0.264 e. The fourth-order valence-electron chi connectivity index (χ4n) is 3.58. The minimum Gasteiger partial charge on any atom is -0.326 e. The van der Waals surface area contributed by atoms with Gasteiger partial charge in [-0.05, 0) is 30.8 Å². The van der Waals surface area contributed by atoms with Crippen LogP contribution in [0.3, 0.4) is 0 Å². The van der Waals surface area contributed by atoms with Crippen molar-refractivity contribution < 1.29 is 9.59 Å². The number of hydrogen-bond donors (Lipinski definition) is 1. The Morgan fingerprint density at radius 3 is 3.04 bits per heavy atom. The molecule has 0 aliphatic carbocycles. The molecular weight excluding hydrogens is 368 g/mol. The number of rotatable bonds is 4. The molecule has 0 radical (unpaired) electrons. The van der Waals surface area contributed by atoms with Crippen LogP contribution in [0, 0.1) is 0 Å². The Labute approximate surface area is 160 Å². The van der Waals surface area contributed by atoms with Crippen molar-refractivity contribution in [2.24, 2.45) is 0 Å². The van der Waals surface area contributed by atoms with Crippen LogP contribution in [0.15, 0.2) is 17.5 Å². The van der Waals surface area contributed by atoms with Crippen LogP contribution in [0.25, 0.3) is 0 Å². The summed E-state index contributed by atoms with van der Waals surface area (Å²) < 4.78 is 0. The zero-order valence-electron chi connectivity index (χ0n) is 14.7. The Hall–Kier alpha value is -1.77. The fraction of sp³-hybridized carbons (Fsp3) is 0.500. The zero-order chi connectivity index (χ0) is 18.1. The van der Waals surface area contributed by atoms with Gasteiger partial charge >= 0.3 is 0 Å². The lowest BCUT2D eigenvalue weighted by atomic mass is 10.2. The van der Waals surface area contributed by atoms with E-state index in [9.17, 15) is 9.59 Å². The van der Waals surface area contributed by atoms with Crippen LogP contribution >= 0.6 is 22.7 Å². The topological polar surface area (TPSA) is 65.5 Å². The van der Waals surface area contributed by atoms with Gasteiger partial charge in [0, 0.05) is 30.9 Å². The highest BCUT2D eigenvalue weighted by Crippen LogP contribution is 2.29. The van der Waals surface area contributed by atoms with Crippen LogP contribution in [0.5, 0.6) is 0 Å². The molecule has 4 rings (SSSR count). The molecular formula is C18H22N4O2S2. The average Bonchev–Trinajstić information content (AvgIpc) is 3.39. The van der Waals surface area contributed by atoms with E-state index in [0.29, 0.717) is 23.0 Å². The van der Waals surface area contributed by atoms with E-state index in [4.69, 9.17) is 0 Å². The third kappa shape index (κ3) is 3.41. The largest absolute Gasteiger partial charge is 0.326 e. The van der Waals surface area contributed by atoms with E-state index < -0.39 is 6.04 Å². The van der Waals surface area contributed by atoms with Crippen LogP contribution in [0.1, 0.15) is 40.0 Å². The number of carbonyl (C=O) groups excluding carboxylic acids is 2. The molecule has 6 nitrogen and oxygen atoms in total. The van der Waals surface area contributed by atoms with Crippen molar-refractivity contribution in [3.8, 4) is 0 Å². The molecule has 1 fully saturated rings. The van der Waals surface area contributed by atoms with Crippen molar-refractivity contribution in [2.45, 2.75) is 38.8 Å². The molecule has 2 aromatic rings. The van der Waals surface area contributed by atoms with Crippen molar-refractivity contribution in [3.63, 3.8) is 0 Å². The van der Waals surface area contributed by atoms with Crippen molar-refractivity contribution in [3.05, 3.63) is 33.0 Å². The lowest BCUT2D eigenvalue weighted by molar-refractivity contribution is -0.119. The van der Waals surface area contributed by atoms with Gasteiger partial charge in [0.05, 0.1) is 10.6 Å². The molecule has 0 aromatic carbocycles. The van der Waals surface area contributed by atoms with E-state index in [1.54, 1.807) is 16.2 Å². The summed E-state index contributed by atoms with van der Waals surface area (Å²) in [5, 5.41) is 5.51. The monoisotopic (exact) mass is 390 g/mol. The van der Waals surface area contributed by atoms with Gasteiger partial charge in [0.2, 0.25) is 5.91 Å². The van der Waals surface area contributed by atoms with Gasteiger partial charge in [-0.15, -0.1) is 22.7 Å². The molecule has 2 aliphatic rings. The van der Waals surface area contributed by atoms with E-state index in [-0.39, 0.29) is 11.8 Å². The number of thiophene rings is 1. The number of anilines is 1. The van der Waals surface area contributed by atoms with E-state index in [2.05, 4.69) is 22.1 Å². The molecule has 2 aliphatic heterocycles. The lowest BCUT2D eigenvalue weighted by Crippen LogP contribution is -2.42. The predicted molar refractivity (Wildman–Crippen MR) is 104 cm³/mol. The first kappa shape index (κ1) is 17.6. The number of fused-ring (bicyclic) bond motifs is 1. The maximum absolute atomic E-state index is 12.8. The standard InChI is InChI=1S/C18H22N4O2S2/c1-2-21-9-7-12-15(11-21)26-18(19-12)20-16(23)13-5-3-8-22(13)17(24)14-6-4-10-25-14/h4,6,10,13H,2-3,5,7-9,11H2,1H3,(H,19,20,23). The number of nitrogens with zero attached hydrogens (tertiary/aromatic N) is 3. The summed E-state index contributed by atoms with van der Waals surface area (Å²) in [5.41, 5.74) is 1.10. The summed E-state index contributed by atoms with van der Waals surface area (Å²) >= 11 is 2.98. The molecule has 2 aromatic heterocycles. The first-order valence-corrected chi connectivity index (χ1v) is 10.7. The summed E-state index contributed by atoms with van der Waals surface area (Å²) in [4.78, 5) is 36.1. The number of likely N-dealkylation sites (N-methyl/N-ethyl adjacent to an activating group) is 1. The molecule has 4 heterocycles. The molecule has 1 N–H and O–H groups in total. The number of carbonyl (C=O) groups is 2. The predicted octanol–water partition coefficient (Wildman–Crippen LogP) is 2.83. The second-order valence-electron chi connectivity index (χ2n) is 6.63. The summed E-state index contributed by atoms with van der Waals surface area (Å²) in [6.45, 7) is 5.75. The van der Waals surface area contributed by atoms with Gasteiger partial charge in [0.15, 0.2) is 5.13 Å². The second-order valence-corrected chi connectivity index (χ2v) is 8.66. The molecule has 1 atom stereocenters. The SMILES string of the molecule is CCN1CCc2nc(NC(=O)C3CCCN3C(=O)c3cccs3)sc2C1. The highest BCUT2D eigenvalue weighted by atomic mass is 32.1. The van der Waals surface area contributed by atoms with Gasteiger partial charge in [-0.2, -0.15) is 0 Å².